The van der Waals surface area contributed by atoms with Crippen molar-refractivity contribution in [3.8, 4) is 22.5 Å². The largest absolute Gasteiger partial charge is 0.337 e. The summed E-state index contributed by atoms with van der Waals surface area (Å²) in [5, 5.41) is 5.59. The maximum Gasteiger partial charge on any atom is 0.319 e. The smallest absolute Gasteiger partial charge is 0.319 e. The number of fused-ring (bicyclic) bond motifs is 1. The van der Waals surface area contributed by atoms with E-state index in [1.54, 1.807) is 42.5 Å². The molecule has 4 rings (SSSR count). The van der Waals surface area contributed by atoms with Crippen LogP contribution in [-0.4, -0.2) is 48.1 Å². The molecule has 0 aliphatic carbocycles. The Labute approximate surface area is 190 Å². The number of anilines is 1. The Morgan fingerprint density at radius 3 is 1.91 bits per heavy atom. The standard InChI is InChI=1S/C25H23F2N5O/c1-32(2)14-13-28-25(33)29-20-11-12-21-22(15-20)31-24(17-5-9-19(27)10-6-17)23(30-21)16-3-7-18(26)8-4-16/h3-12,15H,13-14H2,1-2H3,(H2,28,29,33). The molecule has 0 unspecified atom stereocenters. The molecule has 2 amide bonds. The van der Waals surface area contributed by atoms with Crippen molar-refractivity contribution in [2.45, 2.75) is 0 Å². The van der Waals surface area contributed by atoms with E-state index in [0.717, 1.165) is 6.54 Å². The van der Waals surface area contributed by atoms with E-state index >= 15 is 0 Å². The Balaban J connectivity index is 1.71. The third-order valence-corrected chi connectivity index (χ3v) is 5.00. The fourth-order valence-electron chi connectivity index (χ4n) is 3.32. The highest BCUT2D eigenvalue weighted by Crippen LogP contribution is 2.32. The highest BCUT2D eigenvalue weighted by atomic mass is 19.1. The number of urea groups is 1. The Morgan fingerprint density at radius 1 is 0.818 bits per heavy atom. The monoisotopic (exact) mass is 447 g/mol. The molecule has 6 nitrogen and oxygen atoms in total. The summed E-state index contributed by atoms with van der Waals surface area (Å²) in [4.78, 5) is 23.7. The van der Waals surface area contributed by atoms with Gasteiger partial charge in [-0.3, -0.25) is 0 Å². The quantitative estimate of drug-likeness (QED) is 0.440. The van der Waals surface area contributed by atoms with Crippen LogP contribution in [0.15, 0.2) is 66.7 Å². The molecule has 0 bridgehead atoms. The van der Waals surface area contributed by atoms with Gasteiger partial charge in [0.05, 0.1) is 22.4 Å². The lowest BCUT2D eigenvalue weighted by Crippen LogP contribution is -2.34. The zero-order valence-corrected chi connectivity index (χ0v) is 18.3. The van der Waals surface area contributed by atoms with Crippen molar-refractivity contribution < 1.29 is 13.6 Å². The van der Waals surface area contributed by atoms with E-state index in [9.17, 15) is 13.6 Å². The van der Waals surface area contributed by atoms with Crippen molar-refractivity contribution in [3.05, 3.63) is 78.4 Å². The molecule has 0 fully saturated rings. The third-order valence-electron chi connectivity index (χ3n) is 5.00. The van der Waals surface area contributed by atoms with Crippen LogP contribution >= 0.6 is 0 Å². The zero-order chi connectivity index (χ0) is 23.4. The topological polar surface area (TPSA) is 70.2 Å². The highest BCUT2D eigenvalue weighted by molar-refractivity contribution is 5.93. The number of aromatic nitrogens is 2. The molecular formula is C25H23F2N5O. The van der Waals surface area contributed by atoms with Crippen molar-refractivity contribution in [2.75, 3.05) is 32.5 Å². The van der Waals surface area contributed by atoms with Crippen LogP contribution in [0.5, 0.6) is 0 Å². The number of benzene rings is 3. The van der Waals surface area contributed by atoms with Gasteiger partial charge in [0, 0.05) is 29.9 Å². The van der Waals surface area contributed by atoms with Crippen LogP contribution in [0, 0.1) is 11.6 Å². The van der Waals surface area contributed by atoms with Crippen molar-refractivity contribution in [1.82, 2.24) is 20.2 Å². The summed E-state index contributed by atoms with van der Waals surface area (Å²) >= 11 is 0. The molecule has 3 aromatic carbocycles. The first kappa shape index (κ1) is 22.3. The van der Waals surface area contributed by atoms with Gasteiger partial charge >= 0.3 is 6.03 Å². The van der Waals surface area contributed by atoms with Crippen LogP contribution in [-0.2, 0) is 0 Å². The van der Waals surface area contributed by atoms with E-state index in [-0.39, 0.29) is 17.7 Å². The number of likely N-dealkylation sites (N-methyl/N-ethyl adjacent to an activating group) is 1. The SMILES string of the molecule is CN(C)CCNC(=O)Nc1ccc2nc(-c3ccc(F)cc3)c(-c3ccc(F)cc3)nc2c1. The molecule has 0 saturated heterocycles. The zero-order valence-electron chi connectivity index (χ0n) is 18.3. The van der Waals surface area contributed by atoms with Crippen molar-refractivity contribution in [2.24, 2.45) is 0 Å². The molecule has 1 heterocycles. The molecule has 8 heteroatoms. The molecular weight excluding hydrogens is 424 g/mol. The minimum atomic E-state index is -0.359. The minimum Gasteiger partial charge on any atom is -0.337 e. The lowest BCUT2D eigenvalue weighted by Gasteiger charge is -2.13. The maximum atomic E-state index is 13.5. The molecule has 0 spiro atoms. The first-order valence-electron chi connectivity index (χ1n) is 10.4. The lowest BCUT2D eigenvalue weighted by atomic mass is 10.0. The number of carbonyl (C=O) groups excluding carboxylic acids is 1. The molecule has 168 valence electrons. The molecule has 2 N–H and O–H groups in total. The van der Waals surface area contributed by atoms with Gasteiger partial charge in [0.15, 0.2) is 0 Å². The average molecular weight is 447 g/mol. The fraction of sp³-hybridized carbons (Fsp3) is 0.160. The second-order valence-electron chi connectivity index (χ2n) is 7.82. The van der Waals surface area contributed by atoms with Crippen LogP contribution in [0.3, 0.4) is 0 Å². The number of amides is 2. The van der Waals surface area contributed by atoms with E-state index in [1.165, 1.54) is 24.3 Å². The lowest BCUT2D eigenvalue weighted by molar-refractivity contribution is 0.250. The van der Waals surface area contributed by atoms with Crippen LogP contribution in [0.2, 0.25) is 0 Å². The number of carbonyl (C=O) groups is 1. The van der Waals surface area contributed by atoms with E-state index in [0.29, 0.717) is 45.8 Å². The summed E-state index contributed by atoms with van der Waals surface area (Å²) in [7, 11) is 3.86. The molecule has 0 aliphatic rings. The van der Waals surface area contributed by atoms with Gasteiger partial charge < -0.3 is 15.5 Å². The van der Waals surface area contributed by atoms with E-state index in [1.807, 2.05) is 19.0 Å². The van der Waals surface area contributed by atoms with Gasteiger partial charge in [-0.25, -0.2) is 23.5 Å². The summed E-state index contributed by atoms with van der Waals surface area (Å²) in [6.45, 7) is 1.24. The van der Waals surface area contributed by atoms with Crippen molar-refractivity contribution in [3.63, 3.8) is 0 Å². The van der Waals surface area contributed by atoms with Gasteiger partial charge in [-0.2, -0.15) is 0 Å². The van der Waals surface area contributed by atoms with Crippen LogP contribution in [0.1, 0.15) is 0 Å². The Kier molecular flexibility index (Phi) is 6.55. The van der Waals surface area contributed by atoms with Gasteiger partial charge in [0.2, 0.25) is 0 Å². The first-order valence-corrected chi connectivity index (χ1v) is 10.4. The van der Waals surface area contributed by atoms with Crippen molar-refractivity contribution in [1.29, 1.82) is 0 Å². The summed E-state index contributed by atoms with van der Waals surface area (Å²) in [6, 6.07) is 16.9. The molecule has 33 heavy (non-hydrogen) atoms. The number of rotatable bonds is 6. The number of nitrogens with one attached hydrogen (secondary N) is 2. The fourth-order valence-corrected chi connectivity index (χ4v) is 3.32. The minimum absolute atomic E-state index is 0.314. The van der Waals surface area contributed by atoms with Gasteiger partial charge in [-0.05, 0) is 80.8 Å². The second-order valence-corrected chi connectivity index (χ2v) is 7.82. The molecule has 0 atom stereocenters. The average Bonchev–Trinajstić information content (AvgIpc) is 2.79. The van der Waals surface area contributed by atoms with Gasteiger partial charge in [-0.15, -0.1) is 0 Å². The summed E-state index contributed by atoms with van der Waals surface area (Å²) in [6.07, 6.45) is 0. The number of nitrogens with zero attached hydrogens (tertiary/aromatic N) is 3. The Morgan fingerprint density at radius 2 is 1.36 bits per heavy atom. The highest BCUT2D eigenvalue weighted by Gasteiger charge is 2.14. The third kappa shape index (κ3) is 5.48. The number of hydrogen-bond donors (Lipinski definition) is 2. The molecule has 0 saturated carbocycles. The maximum absolute atomic E-state index is 13.5. The van der Waals surface area contributed by atoms with Gasteiger partial charge in [0.1, 0.15) is 11.6 Å². The Bertz CT molecular complexity index is 1270. The van der Waals surface area contributed by atoms with Crippen LogP contribution in [0.25, 0.3) is 33.5 Å². The van der Waals surface area contributed by atoms with Crippen molar-refractivity contribution >= 4 is 22.8 Å². The number of halogens is 2. The van der Waals surface area contributed by atoms with E-state index in [2.05, 4.69) is 10.6 Å². The molecule has 1 aromatic heterocycles. The first-order chi connectivity index (χ1) is 15.9. The van der Waals surface area contributed by atoms with Gasteiger partial charge in [0.25, 0.3) is 0 Å². The van der Waals surface area contributed by atoms with E-state index < -0.39 is 0 Å². The number of hydrogen-bond acceptors (Lipinski definition) is 4. The Hall–Kier alpha value is -3.91. The predicted molar refractivity (Wildman–Crippen MR) is 126 cm³/mol. The second kappa shape index (κ2) is 9.70. The van der Waals surface area contributed by atoms with Crippen LogP contribution in [0.4, 0.5) is 19.3 Å². The summed E-state index contributed by atoms with van der Waals surface area (Å²) in [5.74, 6) is -0.710. The summed E-state index contributed by atoms with van der Waals surface area (Å²) < 4.78 is 27.0. The normalized spacial score (nSPS) is 11.1. The van der Waals surface area contributed by atoms with Gasteiger partial charge in [-0.1, -0.05) is 0 Å². The summed E-state index contributed by atoms with van der Waals surface area (Å²) in [5.41, 5.74) is 4.18. The molecule has 4 aromatic rings. The predicted octanol–water partition coefficient (Wildman–Crippen LogP) is 4.93. The van der Waals surface area contributed by atoms with E-state index in [4.69, 9.17) is 9.97 Å². The molecule has 0 aliphatic heterocycles. The van der Waals surface area contributed by atoms with Crippen LogP contribution < -0.4 is 10.6 Å². The molecule has 0 radical (unpaired) electrons.